The Morgan fingerprint density at radius 1 is 1.19 bits per heavy atom. The Labute approximate surface area is 159 Å². The summed E-state index contributed by atoms with van der Waals surface area (Å²) in [6.45, 7) is 0. The van der Waals surface area contributed by atoms with Crippen LogP contribution in [0.25, 0.3) is 0 Å². The van der Waals surface area contributed by atoms with E-state index in [1.165, 1.54) is 41.3 Å². The Morgan fingerprint density at radius 3 is 2.59 bits per heavy atom. The molecule has 2 aromatic carbocycles. The zero-order chi connectivity index (χ0) is 19.2. The van der Waals surface area contributed by atoms with Crippen LogP contribution in [0, 0.1) is 0 Å². The van der Waals surface area contributed by atoms with Crippen molar-refractivity contribution in [3.8, 4) is 0 Å². The van der Waals surface area contributed by atoms with Crippen LogP contribution in [0.2, 0.25) is 5.02 Å². The molecule has 0 amide bonds. The number of aliphatic imine (C=N–C) groups is 1. The molecule has 9 heteroatoms. The Balaban J connectivity index is 1.72. The van der Waals surface area contributed by atoms with Gasteiger partial charge >= 0.3 is 5.97 Å². The molecule has 136 valence electrons. The summed E-state index contributed by atoms with van der Waals surface area (Å²) in [6, 6.07) is 11.1. The second-order valence-corrected chi connectivity index (χ2v) is 8.24. The van der Waals surface area contributed by atoms with Gasteiger partial charge in [0.15, 0.2) is 0 Å². The topological polar surface area (TPSA) is 102 Å². The van der Waals surface area contributed by atoms with Gasteiger partial charge in [-0.1, -0.05) is 29.8 Å². The number of aromatic carboxylic acids is 1. The van der Waals surface area contributed by atoms with E-state index in [0.717, 1.165) is 0 Å². The molecule has 0 saturated heterocycles. The highest BCUT2D eigenvalue weighted by atomic mass is 35.5. The summed E-state index contributed by atoms with van der Waals surface area (Å²) in [4.78, 5) is 15.6. The first kappa shape index (κ1) is 17.4. The lowest BCUT2D eigenvalue weighted by atomic mass is 10.1. The molecule has 1 aliphatic rings. The fourth-order valence-corrected chi connectivity index (χ4v) is 4.66. The van der Waals surface area contributed by atoms with Crippen LogP contribution in [0.3, 0.4) is 0 Å². The highest BCUT2D eigenvalue weighted by Crippen LogP contribution is 2.36. The van der Waals surface area contributed by atoms with Gasteiger partial charge in [-0.05, 0) is 29.8 Å². The van der Waals surface area contributed by atoms with Crippen molar-refractivity contribution in [1.82, 2.24) is 9.78 Å². The summed E-state index contributed by atoms with van der Waals surface area (Å²) < 4.78 is 27.1. The third-order valence-corrected chi connectivity index (χ3v) is 6.40. The summed E-state index contributed by atoms with van der Waals surface area (Å²) in [5, 5.41) is 13.1. The maximum atomic E-state index is 12.9. The zero-order valence-electron chi connectivity index (χ0n) is 13.7. The van der Waals surface area contributed by atoms with Gasteiger partial charge in [0, 0.05) is 12.6 Å². The number of benzene rings is 2. The molecule has 0 spiro atoms. The summed E-state index contributed by atoms with van der Waals surface area (Å²) in [6.07, 6.45) is 2.90. The number of nitrogens with zero attached hydrogens (tertiary/aromatic N) is 3. The van der Waals surface area contributed by atoms with Gasteiger partial charge in [-0.15, -0.1) is 0 Å². The highest BCUT2D eigenvalue weighted by molar-refractivity contribution is 7.91. The molecule has 2 heterocycles. The van der Waals surface area contributed by atoms with Crippen LogP contribution in [0.4, 0.5) is 5.69 Å². The molecule has 0 atom stereocenters. The molecule has 1 N–H and O–H groups in total. The molecule has 27 heavy (non-hydrogen) atoms. The van der Waals surface area contributed by atoms with E-state index in [2.05, 4.69) is 10.1 Å². The predicted octanol–water partition coefficient (Wildman–Crippen LogP) is 3.20. The predicted molar refractivity (Wildman–Crippen MR) is 98.7 cm³/mol. The second kappa shape index (κ2) is 6.33. The number of hydrogen-bond donors (Lipinski definition) is 1. The Hall–Kier alpha value is -2.97. The molecule has 3 aromatic rings. The van der Waals surface area contributed by atoms with Crippen LogP contribution >= 0.6 is 11.6 Å². The van der Waals surface area contributed by atoms with Crippen molar-refractivity contribution in [3.05, 3.63) is 71.0 Å². The van der Waals surface area contributed by atoms with Gasteiger partial charge < -0.3 is 5.11 Å². The van der Waals surface area contributed by atoms with Gasteiger partial charge in [0.2, 0.25) is 9.84 Å². The number of aromatic nitrogens is 2. The molecular formula is C18H12ClN3O4S. The number of carbonyl (C=O) groups is 1. The molecule has 7 nitrogen and oxygen atoms in total. The lowest BCUT2D eigenvalue weighted by Gasteiger charge is -2.08. The molecule has 1 aromatic heterocycles. The normalized spacial score (nSPS) is 13.3. The average Bonchev–Trinajstić information content (AvgIpc) is 3.28. The molecule has 0 bridgehead atoms. The molecule has 1 aliphatic heterocycles. The van der Waals surface area contributed by atoms with Gasteiger partial charge in [0.1, 0.15) is 5.84 Å². The lowest BCUT2D eigenvalue weighted by molar-refractivity contribution is 0.0697. The third kappa shape index (κ3) is 3.02. The fraction of sp³-hybridized carbons (Fsp3) is 0.0556. The molecule has 0 fully saturated rings. The van der Waals surface area contributed by atoms with Crippen molar-refractivity contribution < 1.29 is 18.3 Å². The van der Waals surface area contributed by atoms with E-state index in [4.69, 9.17) is 16.7 Å². The average molecular weight is 402 g/mol. The van der Waals surface area contributed by atoms with Crippen molar-refractivity contribution in [1.29, 1.82) is 0 Å². The van der Waals surface area contributed by atoms with Crippen molar-refractivity contribution in [2.45, 2.75) is 16.2 Å². The summed E-state index contributed by atoms with van der Waals surface area (Å²) in [7, 11) is -3.76. The minimum Gasteiger partial charge on any atom is -0.478 e. The standard InChI is InChI=1S/C18H12ClN3O4S/c19-14-8-15-11(6-16(14)27(25,26)13-4-2-1-3-5-13)7-17(21-15)22-10-12(9-20-22)18(23)24/h1-6,8-10H,7H2,(H,23,24). The van der Waals surface area contributed by atoms with Crippen LogP contribution in [0.5, 0.6) is 0 Å². The molecule has 0 unspecified atom stereocenters. The van der Waals surface area contributed by atoms with E-state index >= 15 is 0 Å². The van der Waals surface area contributed by atoms with E-state index in [9.17, 15) is 13.2 Å². The minimum atomic E-state index is -3.76. The van der Waals surface area contributed by atoms with E-state index in [1.807, 2.05) is 0 Å². The number of hydrogen-bond acceptors (Lipinski definition) is 5. The SMILES string of the molecule is O=C(O)c1cnn(C2=Nc3cc(Cl)c(S(=O)(=O)c4ccccc4)cc3C2)c1. The lowest BCUT2D eigenvalue weighted by Crippen LogP contribution is -2.12. The van der Waals surface area contributed by atoms with Gasteiger partial charge in [-0.25, -0.2) is 22.9 Å². The Bertz CT molecular complexity index is 1200. The second-order valence-electron chi connectivity index (χ2n) is 5.91. The summed E-state index contributed by atoms with van der Waals surface area (Å²) in [5.41, 5.74) is 1.25. The highest BCUT2D eigenvalue weighted by Gasteiger charge is 2.26. The Morgan fingerprint density at radius 2 is 1.93 bits per heavy atom. The third-order valence-electron chi connectivity index (χ3n) is 4.17. The van der Waals surface area contributed by atoms with Gasteiger partial charge in [0.25, 0.3) is 0 Å². The first-order valence-corrected chi connectivity index (χ1v) is 9.71. The summed E-state index contributed by atoms with van der Waals surface area (Å²) >= 11 is 6.23. The van der Waals surface area contributed by atoms with Crippen molar-refractivity contribution >= 4 is 38.9 Å². The van der Waals surface area contributed by atoms with E-state index < -0.39 is 15.8 Å². The fourth-order valence-electron chi connectivity index (χ4n) is 2.82. The van der Waals surface area contributed by atoms with Crippen LogP contribution in [0.15, 0.2) is 69.6 Å². The van der Waals surface area contributed by atoms with Gasteiger partial charge in [-0.2, -0.15) is 5.10 Å². The number of carboxylic acids is 1. The molecular weight excluding hydrogens is 390 g/mol. The van der Waals surface area contributed by atoms with Crippen molar-refractivity contribution in [2.24, 2.45) is 4.99 Å². The minimum absolute atomic E-state index is 0.0113. The monoisotopic (exact) mass is 401 g/mol. The largest absolute Gasteiger partial charge is 0.478 e. The van der Waals surface area contributed by atoms with E-state index in [-0.39, 0.29) is 20.4 Å². The molecule has 0 radical (unpaired) electrons. The van der Waals surface area contributed by atoms with Crippen molar-refractivity contribution in [2.75, 3.05) is 0 Å². The smallest absolute Gasteiger partial charge is 0.338 e. The molecule has 0 saturated carbocycles. The van der Waals surface area contributed by atoms with E-state index in [0.29, 0.717) is 23.5 Å². The van der Waals surface area contributed by atoms with Crippen LogP contribution in [-0.2, 0) is 16.3 Å². The number of fused-ring (bicyclic) bond motifs is 1. The number of sulfone groups is 1. The molecule has 4 rings (SSSR count). The van der Waals surface area contributed by atoms with Crippen LogP contribution in [-0.4, -0.2) is 35.1 Å². The maximum absolute atomic E-state index is 12.9. The molecule has 0 aliphatic carbocycles. The zero-order valence-corrected chi connectivity index (χ0v) is 15.3. The quantitative estimate of drug-likeness (QED) is 0.726. The Kier molecular flexibility index (Phi) is 4.09. The van der Waals surface area contributed by atoms with Crippen molar-refractivity contribution in [3.63, 3.8) is 0 Å². The first-order valence-electron chi connectivity index (χ1n) is 7.85. The number of rotatable bonds is 3. The first-order chi connectivity index (χ1) is 12.9. The number of carboxylic acid groups (broad SMARTS) is 1. The number of halogens is 1. The van der Waals surface area contributed by atoms with E-state index in [1.54, 1.807) is 18.2 Å². The van der Waals surface area contributed by atoms with Crippen LogP contribution in [0.1, 0.15) is 15.9 Å². The van der Waals surface area contributed by atoms with Gasteiger partial charge in [-0.3, -0.25) is 0 Å². The maximum Gasteiger partial charge on any atom is 0.338 e. The van der Waals surface area contributed by atoms with Crippen LogP contribution < -0.4 is 0 Å². The summed E-state index contributed by atoms with van der Waals surface area (Å²) in [5.74, 6) is -0.598. The van der Waals surface area contributed by atoms with Gasteiger partial charge in [0.05, 0.1) is 32.3 Å².